The van der Waals surface area contributed by atoms with Crippen molar-refractivity contribution >= 4 is 11.8 Å². The highest BCUT2D eigenvalue weighted by molar-refractivity contribution is 5.87. The molecule has 0 saturated heterocycles. The van der Waals surface area contributed by atoms with Gasteiger partial charge in [-0.25, -0.2) is 4.79 Å². The number of hydrogen-bond acceptors (Lipinski definition) is 5. The average molecular weight is 197 g/mol. The molecular formula is C7H7N3O4. The molecule has 1 heterocycles. The average Bonchev–Trinajstić information content (AvgIpc) is 2.62. The zero-order chi connectivity index (χ0) is 10.6. The molecule has 0 bridgehead atoms. The van der Waals surface area contributed by atoms with Gasteiger partial charge >= 0.3 is 11.8 Å². The summed E-state index contributed by atoms with van der Waals surface area (Å²) in [5.41, 5.74) is -0.126. The van der Waals surface area contributed by atoms with Crippen molar-refractivity contribution in [2.45, 2.75) is 0 Å². The highest BCUT2D eigenvalue weighted by atomic mass is 16.6. The Hall–Kier alpha value is -2.18. The van der Waals surface area contributed by atoms with Gasteiger partial charge in [0.1, 0.15) is 6.61 Å². The standard InChI is InChI=1S/C7H7N3O4/c1-2-3-14-7(11)5-4-6(9-8-5)10(12)13/h2,4H,1,3H2,(H,8,9). The predicted molar refractivity (Wildman–Crippen MR) is 45.7 cm³/mol. The van der Waals surface area contributed by atoms with Crippen molar-refractivity contribution < 1.29 is 14.5 Å². The number of rotatable bonds is 4. The number of hydrogen-bond donors (Lipinski definition) is 1. The maximum absolute atomic E-state index is 11.1. The lowest BCUT2D eigenvalue weighted by atomic mass is 10.4. The lowest BCUT2D eigenvalue weighted by Crippen LogP contribution is -2.05. The van der Waals surface area contributed by atoms with E-state index in [1.165, 1.54) is 6.08 Å². The molecular weight excluding hydrogens is 190 g/mol. The second-order valence-electron chi connectivity index (χ2n) is 2.28. The molecule has 0 fully saturated rings. The first-order valence-electron chi connectivity index (χ1n) is 3.63. The highest BCUT2D eigenvalue weighted by Crippen LogP contribution is 2.08. The van der Waals surface area contributed by atoms with Gasteiger partial charge in [-0.05, 0) is 4.92 Å². The largest absolute Gasteiger partial charge is 0.457 e. The van der Waals surface area contributed by atoms with E-state index in [1.54, 1.807) is 0 Å². The summed E-state index contributed by atoms with van der Waals surface area (Å²) in [6, 6.07) is 1.01. The third-order valence-electron chi connectivity index (χ3n) is 1.30. The van der Waals surface area contributed by atoms with Crippen molar-refractivity contribution in [3.8, 4) is 0 Å². The Bertz CT molecular complexity index is 371. The molecule has 0 unspecified atom stereocenters. The molecule has 0 atom stereocenters. The first-order valence-corrected chi connectivity index (χ1v) is 3.63. The van der Waals surface area contributed by atoms with Gasteiger partial charge in [0.2, 0.25) is 0 Å². The Labute approximate surface area is 78.5 Å². The van der Waals surface area contributed by atoms with Crippen LogP contribution in [0.2, 0.25) is 0 Å². The van der Waals surface area contributed by atoms with E-state index in [0.717, 1.165) is 6.07 Å². The van der Waals surface area contributed by atoms with Crippen LogP contribution in [0.5, 0.6) is 0 Å². The van der Waals surface area contributed by atoms with Crippen LogP contribution in [-0.4, -0.2) is 27.7 Å². The molecule has 14 heavy (non-hydrogen) atoms. The van der Waals surface area contributed by atoms with E-state index in [1.807, 2.05) is 0 Å². The Balaban J connectivity index is 2.71. The molecule has 1 aromatic heterocycles. The van der Waals surface area contributed by atoms with Crippen molar-refractivity contribution in [3.63, 3.8) is 0 Å². The number of esters is 1. The molecule has 0 amide bonds. The fraction of sp³-hybridized carbons (Fsp3) is 0.143. The summed E-state index contributed by atoms with van der Waals surface area (Å²) in [6.45, 7) is 3.39. The van der Waals surface area contributed by atoms with Gasteiger partial charge in [0.25, 0.3) is 0 Å². The topological polar surface area (TPSA) is 98.1 Å². The molecule has 0 aliphatic carbocycles. The number of carbonyl (C=O) groups excluding carboxylic acids is 1. The molecule has 0 saturated carbocycles. The molecule has 0 aromatic carbocycles. The minimum Gasteiger partial charge on any atom is -0.457 e. The van der Waals surface area contributed by atoms with E-state index in [0.29, 0.717) is 0 Å². The smallest absolute Gasteiger partial charge is 0.361 e. The monoisotopic (exact) mass is 197 g/mol. The number of nitrogens with one attached hydrogen (secondary N) is 1. The first kappa shape index (κ1) is 9.90. The van der Waals surface area contributed by atoms with Crippen LogP contribution in [0.4, 0.5) is 5.82 Å². The van der Waals surface area contributed by atoms with Gasteiger partial charge < -0.3 is 14.9 Å². The fourth-order valence-electron chi connectivity index (χ4n) is 0.718. The zero-order valence-electron chi connectivity index (χ0n) is 7.10. The van der Waals surface area contributed by atoms with Gasteiger partial charge in [-0.2, -0.15) is 0 Å². The van der Waals surface area contributed by atoms with E-state index in [4.69, 9.17) is 0 Å². The third kappa shape index (κ3) is 2.16. The molecule has 1 N–H and O–H groups in total. The van der Waals surface area contributed by atoms with Crippen molar-refractivity contribution in [1.82, 2.24) is 10.2 Å². The summed E-state index contributed by atoms with van der Waals surface area (Å²) in [6.07, 6.45) is 1.39. The van der Waals surface area contributed by atoms with Crippen LogP contribution in [0.3, 0.4) is 0 Å². The third-order valence-corrected chi connectivity index (χ3v) is 1.30. The lowest BCUT2D eigenvalue weighted by Gasteiger charge is -1.94. The van der Waals surface area contributed by atoms with Gasteiger partial charge in [0, 0.05) is 0 Å². The Morgan fingerprint density at radius 1 is 1.86 bits per heavy atom. The summed E-state index contributed by atoms with van der Waals surface area (Å²) in [5, 5.41) is 15.7. The summed E-state index contributed by atoms with van der Waals surface area (Å²) < 4.78 is 4.61. The number of aromatic nitrogens is 2. The van der Waals surface area contributed by atoms with Crippen LogP contribution in [0.1, 0.15) is 10.5 Å². The van der Waals surface area contributed by atoms with E-state index < -0.39 is 10.9 Å². The predicted octanol–water partition coefficient (Wildman–Crippen LogP) is 0.661. The van der Waals surface area contributed by atoms with Crippen LogP contribution >= 0.6 is 0 Å². The van der Waals surface area contributed by atoms with Crippen molar-refractivity contribution in [2.24, 2.45) is 0 Å². The van der Waals surface area contributed by atoms with E-state index in [-0.39, 0.29) is 18.1 Å². The van der Waals surface area contributed by atoms with Gasteiger partial charge in [0.15, 0.2) is 5.69 Å². The number of aromatic amines is 1. The number of ether oxygens (including phenoxy) is 1. The van der Waals surface area contributed by atoms with Crippen molar-refractivity contribution in [2.75, 3.05) is 6.61 Å². The SMILES string of the molecule is C=CCOC(=O)c1cc([N+](=O)[O-])[nH]n1. The summed E-state index contributed by atoms with van der Waals surface area (Å²) in [4.78, 5) is 20.6. The summed E-state index contributed by atoms with van der Waals surface area (Å²) >= 11 is 0. The molecule has 7 heteroatoms. The fourth-order valence-corrected chi connectivity index (χ4v) is 0.718. The van der Waals surface area contributed by atoms with Crippen molar-refractivity contribution in [3.05, 3.63) is 34.5 Å². The second kappa shape index (κ2) is 4.17. The van der Waals surface area contributed by atoms with Crippen LogP contribution < -0.4 is 0 Å². The van der Waals surface area contributed by atoms with Gasteiger partial charge in [-0.1, -0.05) is 17.8 Å². The summed E-state index contributed by atoms with van der Waals surface area (Å²) in [7, 11) is 0. The number of nitro groups is 1. The van der Waals surface area contributed by atoms with Crippen LogP contribution in [0.25, 0.3) is 0 Å². The minimum atomic E-state index is -0.728. The molecule has 1 aromatic rings. The molecule has 7 nitrogen and oxygen atoms in total. The number of carbonyl (C=O) groups is 1. The molecule has 0 aliphatic heterocycles. The van der Waals surface area contributed by atoms with E-state index in [2.05, 4.69) is 21.5 Å². The second-order valence-corrected chi connectivity index (χ2v) is 2.28. The maximum atomic E-state index is 11.1. The molecule has 0 aliphatic rings. The summed E-state index contributed by atoms with van der Waals surface area (Å²) in [5.74, 6) is -1.08. The van der Waals surface area contributed by atoms with Gasteiger partial charge in [0.05, 0.1) is 6.07 Å². The normalized spacial score (nSPS) is 9.43. The molecule has 74 valence electrons. The Kier molecular flexibility index (Phi) is 2.95. The Morgan fingerprint density at radius 2 is 2.57 bits per heavy atom. The van der Waals surface area contributed by atoms with Crippen LogP contribution in [0.15, 0.2) is 18.7 Å². The number of H-pyrrole nitrogens is 1. The quantitative estimate of drug-likeness (QED) is 0.331. The van der Waals surface area contributed by atoms with E-state index in [9.17, 15) is 14.9 Å². The maximum Gasteiger partial charge on any atom is 0.361 e. The lowest BCUT2D eigenvalue weighted by molar-refractivity contribution is -0.389. The number of nitrogens with zero attached hydrogens (tertiary/aromatic N) is 2. The zero-order valence-corrected chi connectivity index (χ0v) is 7.10. The van der Waals surface area contributed by atoms with Gasteiger partial charge in [-0.15, -0.1) is 5.10 Å². The van der Waals surface area contributed by atoms with Crippen LogP contribution in [-0.2, 0) is 4.74 Å². The first-order chi connectivity index (χ1) is 6.65. The van der Waals surface area contributed by atoms with Gasteiger partial charge in [-0.3, -0.25) is 0 Å². The van der Waals surface area contributed by atoms with Crippen LogP contribution in [0, 0.1) is 10.1 Å². The van der Waals surface area contributed by atoms with Crippen molar-refractivity contribution in [1.29, 1.82) is 0 Å². The highest BCUT2D eigenvalue weighted by Gasteiger charge is 2.16. The minimum absolute atomic E-state index is 0.0412. The van der Waals surface area contributed by atoms with E-state index >= 15 is 0 Å². The molecule has 1 rings (SSSR count). The Morgan fingerprint density at radius 3 is 3.07 bits per heavy atom. The molecule has 0 spiro atoms. The molecule has 0 radical (unpaired) electrons.